The molecule has 0 aliphatic heterocycles. The number of nitriles is 1. The number of aromatic nitrogens is 1. The Hall–Kier alpha value is -2.29. The van der Waals surface area contributed by atoms with E-state index in [1.807, 2.05) is 6.07 Å². The van der Waals surface area contributed by atoms with Crippen molar-refractivity contribution in [2.75, 3.05) is 7.11 Å². The molecule has 0 amide bonds. The number of rotatable bonds is 1. The van der Waals surface area contributed by atoms with Crippen molar-refractivity contribution < 1.29 is 17.9 Å². The number of alkyl halides is 3. The smallest absolute Gasteiger partial charge is 0.433 e. The first kappa shape index (κ1) is 12.2. The Balaban J connectivity index is 2.74. The van der Waals surface area contributed by atoms with Gasteiger partial charge in [-0.25, -0.2) is 4.98 Å². The number of nitrogens with zero attached hydrogens (tertiary/aromatic N) is 2. The highest BCUT2D eigenvalue weighted by Crippen LogP contribution is 2.31. The van der Waals surface area contributed by atoms with Gasteiger partial charge in [0.25, 0.3) is 0 Å². The van der Waals surface area contributed by atoms with E-state index < -0.39 is 11.9 Å². The second kappa shape index (κ2) is 4.18. The summed E-state index contributed by atoms with van der Waals surface area (Å²) in [5.41, 5.74) is -0.682. The molecule has 1 heterocycles. The topological polar surface area (TPSA) is 45.9 Å². The van der Waals surface area contributed by atoms with Crippen LogP contribution in [0.2, 0.25) is 0 Å². The average molecular weight is 252 g/mol. The summed E-state index contributed by atoms with van der Waals surface area (Å²) in [5, 5.41) is 9.30. The second-order valence-electron chi connectivity index (χ2n) is 3.55. The maximum Gasteiger partial charge on any atom is 0.433 e. The van der Waals surface area contributed by atoms with Crippen molar-refractivity contribution in [1.29, 1.82) is 5.26 Å². The molecule has 0 fully saturated rings. The first-order valence-electron chi connectivity index (χ1n) is 4.92. The standard InChI is InChI=1S/C12H7F3N2O/c1-18-8-4-7(6-16)9-2-3-11(12(13,14)15)17-10(9)5-8/h2-5H,1H3. The van der Waals surface area contributed by atoms with Crippen LogP contribution in [0.1, 0.15) is 11.3 Å². The van der Waals surface area contributed by atoms with E-state index in [1.54, 1.807) is 0 Å². The molecule has 3 nitrogen and oxygen atoms in total. The van der Waals surface area contributed by atoms with E-state index in [0.717, 1.165) is 6.07 Å². The predicted octanol–water partition coefficient (Wildman–Crippen LogP) is 3.13. The minimum Gasteiger partial charge on any atom is -0.497 e. The summed E-state index contributed by atoms with van der Waals surface area (Å²) in [6, 6.07) is 6.82. The van der Waals surface area contributed by atoms with E-state index in [0.29, 0.717) is 11.1 Å². The molecule has 0 saturated carbocycles. The lowest BCUT2D eigenvalue weighted by molar-refractivity contribution is -0.140. The van der Waals surface area contributed by atoms with Gasteiger partial charge < -0.3 is 4.74 Å². The van der Waals surface area contributed by atoms with Crippen LogP contribution in [0.5, 0.6) is 5.75 Å². The van der Waals surface area contributed by atoms with Crippen LogP contribution in [-0.2, 0) is 6.18 Å². The van der Waals surface area contributed by atoms with Gasteiger partial charge in [0, 0.05) is 11.5 Å². The van der Waals surface area contributed by atoms with Gasteiger partial charge in [-0.15, -0.1) is 0 Å². The molecule has 0 spiro atoms. The van der Waals surface area contributed by atoms with Gasteiger partial charge in [-0.2, -0.15) is 18.4 Å². The van der Waals surface area contributed by atoms with Gasteiger partial charge in [-0.05, 0) is 18.2 Å². The van der Waals surface area contributed by atoms with Crippen molar-refractivity contribution in [3.8, 4) is 11.8 Å². The van der Waals surface area contributed by atoms with E-state index in [2.05, 4.69) is 4.98 Å². The summed E-state index contributed by atoms with van der Waals surface area (Å²) in [7, 11) is 1.37. The van der Waals surface area contributed by atoms with Crippen LogP contribution in [-0.4, -0.2) is 12.1 Å². The summed E-state index contributed by atoms with van der Waals surface area (Å²) in [6.45, 7) is 0. The van der Waals surface area contributed by atoms with Gasteiger partial charge in [0.15, 0.2) is 0 Å². The molecule has 1 aromatic carbocycles. The number of pyridine rings is 1. The van der Waals surface area contributed by atoms with Gasteiger partial charge in [-0.1, -0.05) is 0 Å². The van der Waals surface area contributed by atoms with E-state index in [4.69, 9.17) is 10.00 Å². The number of hydrogen-bond donors (Lipinski definition) is 0. The lowest BCUT2D eigenvalue weighted by Crippen LogP contribution is -2.07. The SMILES string of the molecule is COc1cc(C#N)c2ccc(C(F)(F)F)nc2c1. The molecule has 0 aliphatic carbocycles. The normalized spacial score (nSPS) is 11.3. The Labute approximate surface area is 100 Å². The minimum atomic E-state index is -4.51. The zero-order chi connectivity index (χ0) is 13.3. The van der Waals surface area contributed by atoms with Crippen LogP contribution < -0.4 is 4.74 Å². The number of halogens is 3. The molecule has 0 atom stereocenters. The van der Waals surface area contributed by atoms with Gasteiger partial charge in [0.05, 0.1) is 24.3 Å². The van der Waals surface area contributed by atoms with Gasteiger partial charge >= 0.3 is 6.18 Å². The molecule has 6 heteroatoms. The van der Waals surface area contributed by atoms with Crippen LogP contribution in [0, 0.1) is 11.3 Å². The number of fused-ring (bicyclic) bond motifs is 1. The number of ether oxygens (including phenoxy) is 1. The molecule has 0 saturated heterocycles. The number of methoxy groups -OCH3 is 1. The molecule has 0 N–H and O–H groups in total. The molecule has 0 radical (unpaired) electrons. The highest BCUT2D eigenvalue weighted by molar-refractivity contribution is 5.86. The first-order chi connectivity index (χ1) is 8.45. The van der Waals surface area contributed by atoms with Crippen LogP contribution in [0.4, 0.5) is 13.2 Å². The quantitative estimate of drug-likeness (QED) is 0.783. The summed E-state index contributed by atoms with van der Waals surface area (Å²) in [5.74, 6) is 0.297. The van der Waals surface area contributed by atoms with E-state index in [1.165, 1.54) is 25.3 Å². The molecular formula is C12H7F3N2O. The van der Waals surface area contributed by atoms with E-state index in [9.17, 15) is 13.2 Å². The highest BCUT2D eigenvalue weighted by atomic mass is 19.4. The molecule has 18 heavy (non-hydrogen) atoms. The van der Waals surface area contributed by atoms with Crippen LogP contribution in [0.15, 0.2) is 24.3 Å². The highest BCUT2D eigenvalue weighted by Gasteiger charge is 2.32. The maximum absolute atomic E-state index is 12.5. The summed E-state index contributed by atoms with van der Waals surface area (Å²) < 4.78 is 42.5. The summed E-state index contributed by atoms with van der Waals surface area (Å²) >= 11 is 0. The lowest BCUT2D eigenvalue weighted by Gasteiger charge is -2.08. The van der Waals surface area contributed by atoms with E-state index >= 15 is 0 Å². The lowest BCUT2D eigenvalue weighted by atomic mass is 10.1. The third kappa shape index (κ3) is 2.07. The molecule has 0 bridgehead atoms. The van der Waals surface area contributed by atoms with Crippen molar-refractivity contribution in [3.63, 3.8) is 0 Å². The molecule has 92 valence electrons. The Kier molecular flexibility index (Phi) is 2.83. The first-order valence-corrected chi connectivity index (χ1v) is 4.92. The predicted molar refractivity (Wildman–Crippen MR) is 58.0 cm³/mol. The Morgan fingerprint density at radius 1 is 1.28 bits per heavy atom. The Morgan fingerprint density at radius 3 is 2.56 bits per heavy atom. The average Bonchev–Trinajstić information content (AvgIpc) is 2.35. The Bertz CT molecular complexity index is 644. The van der Waals surface area contributed by atoms with Crippen LogP contribution >= 0.6 is 0 Å². The van der Waals surface area contributed by atoms with Crippen molar-refractivity contribution >= 4 is 10.9 Å². The van der Waals surface area contributed by atoms with Crippen molar-refractivity contribution in [3.05, 3.63) is 35.5 Å². The van der Waals surface area contributed by atoms with Gasteiger partial charge in [-0.3, -0.25) is 0 Å². The molecule has 2 rings (SSSR count). The fourth-order valence-electron chi connectivity index (χ4n) is 1.58. The maximum atomic E-state index is 12.5. The second-order valence-corrected chi connectivity index (χ2v) is 3.55. The van der Waals surface area contributed by atoms with Crippen molar-refractivity contribution in [2.45, 2.75) is 6.18 Å². The fourth-order valence-corrected chi connectivity index (χ4v) is 1.58. The zero-order valence-electron chi connectivity index (χ0n) is 9.25. The van der Waals surface area contributed by atoms with Crippen molar-refractivity contribution in [2.24, 2.45) is 0 Å². The van der Waals surface area contributed by atoms with Crippen LogP contribution in [0.25, 0.3) is 10.9 Å². The summed E-state index contributed by atoms with van der Waals surface area (Å²) in [4.78, 5) is 3.51. The largest absolute Gasteiger partial charge is 0.497 e. The molecule has 0 aliphatic rings. The number of hydrogen-bond acceptors (Lipinski definition) is 3. The molecule has 1 aromatic heterocycles. The molecule has 0 unspecified atom stereocenters. The molecular weight excluding hydrogens is 245 g/mol. The monoisotopic (exact) mass is 252 g/mol. The van der Waals surface area contributed by atoms with Crippen LogP contribution in [0.3, 0.4) is 0 Å². The zero-order valence-corrected chi connectivity index (χ0v) is 9.25. The fraction of sp³-hybridized carbons (Fsp3) is 0.167. The number of benzene rings is 1. The third-order valence-corrected chi connectivity index (χ3v) is 2.43. The third-order valence-electron chi connectivity index (χ3n) is 2.43. The minimum absolute atomic E-state index is 0.0840. The van der Waals surface area contributed by atoms with Crippen molar-refractivity contribution in [1.82, 2.24) is 4.98 Å². The Morgan fingerprint density at radius 2 is 2.00 bits per heavy atom. The van der Waals surface area contributed by atoms with Gasteiger partial charge in [0.1, 0.15) is 11.4 Å². The summed E-state index contributed by atoms with van der Waals surface area (Å²) in [6.07, 6.45) is -4.51. The molecule has 2 aromatic rings. The van der Waals surface area contributed by atoms with Gasteiger partial charge in [0.2, 0.25) is 0 Å². The van der Waals surface area contributed by atoms with E-state index in [-0.39, 0.29) is 11.1 Å².